The molecule has 0 aromatic heterocycles. The standard InChI is InChI=1S/C18H14ClN3O2S/c1-24-14-8-6-13(7-9-14)22-16(11-2-4-12(19)5-3-11)21-17(23)15(10-20)18(22)25/h2-9,16,25H,1H3,(H,21,23)/t16-/m0/s1. The number of nitrogens with zero attached hydrogens (tertiary/aromatic N) is 2. The summed E-state index contributed by atoms with van der Waals surface area (Å²) in [5.41, 5.74) is 1.54. The zero-order valence-electron chi connectivity index (χ0n) is 13.2. The van der Waals surface area contributed by atoms with Crippen LogP contribution in [0.25, 0.3) is 0 Å². The highest BCUT2D eigenvalue weighted by Crippen LogP contribution is 2.36. The number of anilines is 1. The van der Waals surface area contributed by atoms with E-state index in [1.54, 1.807) is 36.3 Å². The van der Waals surface area contributed by atoms with Gasteiger partial charge in [0.2, 0.25) is 0 Å². The van der Waals surface area contributed by atoms with E-state index in [1.807, 2.05) is 30.3 Å². The molecule has 0 saturated heterocycles. The summed E-state index contributed by atoms with van der Waals surface area (Å²) in [4.78, 5) is 14.0. The Morgan fingerprint density at radius 3 is 2.40 bits per heavy atom. The van der Waals surface area contributed by atoms with Crippen LogP contribution in [-0.2, 0) is 4.79 Å². The topological polar surface area (TPSA) is 65.4 Å². The molecule has 0 saturated carbocycles. The van der Waals surface area contributed by atoms with Crippen molar-refractivity contribution in [1.29, 1.82) is 5.26 Å². The molecule has 0 unspecified atom stereocenters. The van der Waals surface area contributed by atoms with E-state index in [2.05, 4.69) is 17.9 Å². The summed E-state index contributed by atoms with van der Waals surface area (Å²) in [6.07, 6.45) is -0.511. The summed E-state index contributed by atoms with van der Waals surface area (Å²) in [6.45, 7) is 0. The Bertz CT molecular complexity index is 873. The van der Waals surface area contributed by atoms with Crippen LogP contribution in [0.1, 0.15) is 11.7 Å². The Labute approximate surface area is 155 Å². The summed E-state index contributed by atoms with van der Waals surface area (Å²) in [6, 6.07) is 16.3. The summed E-state index contributed by atoms with van der Waals surface area (Å²) < 4.78 is 5.18. The number of hydrogen-bond acceptors (Lipinski definition) is 5. The molecule has 126 valence electrons. The molecule has 7 heteroatoms. The molecule has 2 aromatic carbocycles. The molecule has 0 aliphatic carbocycles. The third-order valence-electron chi connectivity index (χ3n) is 3.85. The van der Waals surface area contributed by atoms with E-state index in [0.29, 0.717) is 10.8 Å². The molecule has 5 nitrogen and oxygen atoms in total. The predicted octanol–water partition coefficient (Wildman–Crippen LogP) is 3.65. The molecule has 0 spiro atoms. The van der Waals surface area contributed by atoms with Crippen molar-refractivity contribution in [2.45, 2.75) is 6.17 Å². The zero-order chi connectivity index (χ0) is 18.0. The minimum Gasteiger partial charge on any atom is -0.497 e. The van der Waals surface area contributed by atoms with E-state index in [0.717, 1.165) is 11.3 Å². The Kier molecular flexibility index (Phi) is 4.88. The molecule has 0 fully saturated rings. The number of nitriles is 1. The van der Waals surface area contributed by atoms with Crippen molar-refractivity contribution in [3.8, 4) is 11.8 Å². The van der Waals surface area contributed by atoms with Crippen LogP contribution in [0.4, 0.5) is 5.69 Å². The summed E-state index contributed by atoms with van der Waals surface area (Å²) in [7, 11) is 1.59. The Morgan fingerprint density at radius 2 is 1.84 bits per heavy atom. The van der Waals surface area contributed by atoms with Gasteiger partial charge in [-0.2, -0.15) is 5.26 Å². The van der Waals surface area contributed by atoms with Crippen molar-refractivity contribution in [3.05, 3.63) is 69.7 Å². The minimum absolute atomic E-state index is 0.0376. The van der Waals surface area contributed by atoms with Gasteiger partial charge in [-0.25, -0.2) is 0 Å². The highest BCUT2D eigenvalue weighted by atomic mass is 35.5. The molecule has 25 heavy (non-hydrogen) atoms. The molecule has 1 aliphatic rings. The maximum atomic E-state index is 12.3. The minimum atomic E-state index is -0.511. The van der Waals surface area contributed by atoms with Crippen LogP contribution in [0.3, 0.4) is 0 Å². The number of benzene rings is 2. The number of rotatable bonds is 3. The van der Waals surface area contributed by atoms with Crippen LogP contribution in [0.2, 0.25) is 5.02 Å². The first-order chi connectivity index (χ1) is 12.0. The van der Waals surface area contributed by atoms with Crippen LogP contribution in [0.5, 0.6) is 5.75 Å². The lowest BCUT2D eigenvalue weighted by molar-refractivity contribution is -0.118. The highest BCUT2D eigenvalue weighted by Gasteiger charge is 2.33. The van der Waals surface area contributed by atoms with E-state index >= 15 is 0 Å². The van der Waals surface area contributed by atoms with Crippen molar-refractivity contribution in [2.75, 3.05) is 12.0 Å². The first-order valence-corrected chi connectivity index (χ1v) is 8.20. The van der Waals surface area contributed by atoms with Gasteiger partial charge in [-0.05, 0) is 42.0 Å². The zero-order valence-corrected chi connectivity index (χ0v) is 14.9. The largest absolute Gasteiger partial charge is 0.497 e. The molecule has 1 aliphatic heterocycles. The Balaban J connectivity index is 2.11. The Hall–Kier alpha value is -2.62. The number of methoxy groups -OCH3 is 1. The van der Waals surface area contributed by atoms with E-state index in [4.69, 9.17) is 16.3 Å². The van der Waals surface area contributed by atoms with Crippen LogP contribution < -0.4 is 15.0 Å². The maximum absolute atomic E-state index is 12.3. The number of carbonyl (C=O) groups is 1. The fourth-order valence-electron chi connectivity index (χ4n) is 2.60. The van der Waals surface area contributed by atoms with Gasteiger partial charge < -0.3 is 15.0 Å². The van der Waals surface area contributed by atoms with Crippen molar-refractivity contribution >= 4 is 35.8 Å². The molecular weight excluding hydrogens is 358 g/mol. The summed E-state index contributed by atoms with van der Waals surface area (Å²) in [5, 5.41) is 13.0. The SMILES string of the molecule is COc1ccc(N2C(S)=C(C#N)C(=O)N[C@@H]2c2ccc(Cl)cc2)cc1. The smallest absolute Gasteiger partial charge is 0.266 e. The van der Waals surface area contributed by atoms with Gasteiger partial charge in [0, 0.05) is 10.7 Å². The van der Waals surface area contributed by atoms with Crippen LogP contribution in [-0.4, -0.2) is 13.0 Å². The maximum Gasteiger partial charge on any atom is 0.266 e. The molecule has 0 radical (unpaired) electrons. The number of hydrogen-bond donors (Lipinski definition) is 2. The fraction of sp³-hybridized carbons (Fsp3) is 0.111. The molecule has 2 aromatic rings. The van der Waals surface area contributed by atoms with Crippen molar-refractivity contribution in [2.24, 2.45) is 0 Å². The van der Waals surface area contributed by atoms with Crippen LogP contribution >= 0.6 is 24.2 Å². The van der Waals surface area contributed by atoms with Gasteiger partial charge >= 0.3 is 0 Å². The molecule has 3 rings (SSSR count). The molecule has 1 heterocycles. The molecule has 1 atom stereocenters. The number of thiol groups is 1. The summed E-state index contributed by atoms with van der Waals surface area (Å²) in [5.74, 6) is 0.246. The first-order valence-electron chi connectivity index (χ1n) is 7.38. The first kappa shape index (κ1) is 17.2. The second kappa shape index (κ2) is 7.09. The lowest BCUT2D eigenvalue weighted by atomic mass is 10.1. The third kappa shape index (κ3) is 3.29. The number of nitrogens with one attached hydrogen (secondary N) is 1. The number of ether oxygens (including phenoxy) is 1. The Morgan fingerprint density at radius 1 is 1.20 bits per heavy atom. The molecular formula is C18H14ClN3O2S. The van der Waals surface area contributed by atoms with Gasteiger partial charge in [-0.1, -0.05) is 23.7 Å². The average molecular weight is 372 g/mol. The lowest BCUT2D eigenvalue weighted by Crippen LogP contribution is -2.46. The fourth-order valence-corrected chi connectivity index (χ4v) is 3.11. The summed E-state index contributed by atoms with van der Waals surface area (Å²) >= 11 is 10.4. The van der Waals surface area contributed by atoms with Crippen LogP contribution in [0, 0.1) is 11.3 Å². The number of amides is 1. The molecule has 1 amide bonds. The van der Waals surface area contributed by atoms with Gasteiger partial charge in [0.1, 0.15) is 23.6 Å². The van der Waals surface area contributed by atoms with Crippen molar-refractivity contribution < 1.29 is 9.53 Å². The van der Waals surface area contributed by atoms with E-state index in [9.17, 15) is 10.1 Å². The number of carbonyl (C=O) groups excluding carboxylic acids is 1. The van der Waals surface area contributed by atoms with Crippen molar-refractivity contribution in [3.63, 3.8) is 0 Å². The van der Waals surface area contributed by atoms with Gasteiger partial charge in [0.15, 0.2) is 0 Å². The van der Waals surface area contributed by atoms with Gasteiger partial charge in [0.25, 0.3) is 5.91 Å². The highest BCUT2D eigenvalue weighted by molar-refractivity contribution is 7.84. The third-order valence-corrected chi connectivity index (χ3v) is 4.54. The van der Waals surface area contributed by atoms with E-state index in [1.165, 1.54) is 0 Å². The molecule has 0 bridgehead atoms. The second-order valence-corrected chi connectivity index (χ2v) is 6.17. The van der Waals surface area contributed by atoms with E-state index < -0.39 is 12.1 Å². The average Bonchev–Trinajstić information content (AvgIpc) is 2.62. The van der Waals surface area contributed by atoms with Crippen molar-refractivity contribution in [1.82, 2.24) is 5.32 Å². The van der Waals surface area contributed by atoms with Gasteiger partial charge in [0.05, 0.1) is 12.1 Å². The monoisotopic (exact) mass is 371 g/mol. The van der Waals surface area contributed by atoms with Gasteiger partial charge in [-0.15, -0.1) is 12.6 Å². The molecule has 1 N–H and O–H groups in total. The normalized spacial score (nSPS) is 17.1. The predicted molar refractivity (Wildman–Crippen MR) is 99.4 cm³/mol. The lowest BCUT2D eigenvalue weighted by Gasteiger charge is -2.38. The van der Waals surface area contributed by atoms with E-state index in [-0.39, 0.29) is 10.6 Å². The van der Waals surface area contributed by atoms with Crippen LogP contribution in [0.15, 0.2) is 59.1 Å². The second-order valence-electron chi connectivity index (χ2n) is 5.31. The quantitative estimate of drug-likeness (QED) is 0.808. The number of halogens is 1. The van der Waals surface area contributed by atoms with Gasteiger partial charge in [-0.3, -0.25) is 4.79 Å².